The van der Waals surface area contributed by atoms with Crippen LogP contribution in [0, 0.1) is 0 Å². The number of rotatable bonds is 7. The first-order valence-electron chi connectivity index (χ1n) is 7.46. The Kier molecular flexibility index (Phi) is 4.81. The zero-order valence-corrected chi connectivity index (χ0v) is 11.8. The van der Waals surface area contributed by atoms with Gasteiger partial charge in [0.05, 0.1) is 6.20 Å². The van der Waals surface area contributed by atoms with Gasteiger partial charge in [-0.25, -0.2) is 4.98 Å². The van der Waals surface area contributed by atoms with Gasteiger partial charge in [0.1, 0.15) is 5.76 Å². The van der Waals surface area contributed by atoms with Crippen LogP contribution >= 0.6 is 0 Å². The molecule has 3 nitrogen and oxygen atoms in total. The van der Waals surface area contributed by atoms with Crippen molar-refractivity contribution in [3.8, 4) is 0 Å². The molecule has 1 heterocycles. The summed E-state index contributed by atoms with van der Waals surface area (Å²) in [6, 6.07) is 0. The van der Waals surface area contributed by atoms with Crippen molar-refractivity contribution in [1.29, 1.82) is 0 Å². The highest BCUT2D eigenvalue weighted by Gasteiger charge is 2.37. The van der Waals surface area contributed by atoms with E-state index in [9.17, 15) is 0 Å². The van der Waals surface area contributed by atoms with Gasteiger partial charge in [-0.3, -0.25) is 0 Å². The third-order valence-electron chi connectivity index (χ3n) is 4.31. The van der Waals surface area contributed by atoms with Crippen LogP contribution in [0.5, 0.6) is 0 Å². The lowest BCUT2D eigenvalue weighted by Crippen LogP contribution is -2.19. The van der Waals surface area contributed by atoms with E-state index in [4.69, 9.17) is 4.42 Å². The molecule has 18 heavy (non-hydrogen) atoms. The molecule has 1 aromatic rings. The molecule has 0 unspecified atom stereocenters. The Hall–Kier alpha value is -0.830. The van der Waals surface area contributed by atoms with Crippen LogP contribution in [0.3, 0.4) is 0 Å². The molecular weight excluding hydrogens is 224 g/mol. The molecule has 0 aromatic carbocycles. The highest BCUT2D eigenvalue weighted by molar-refractivity contribution is 5.13. The quantitative estimate of drug-likeness (QED) is 0.753. The van der Waals surface area contributed by atoms with E-state index in [1.54, 1.807) is 0 Å². The minimum absolute atomic E-state index is 0.299. The average molecular weight is 250 g/mol. The predicted molar refractivity (Wildman–Crippen MR) is 73.8 cm³/mol. The molecule has 3 heteroatoms. The summed E-state index contributed by atoms with van der Waals surface area (Å²) < 4.78 is 6.00. The van der Waals surface area contributed by atoms with Gasteiger partial charge in [0, 0.05) is 11.8 Å². The summed E-state index contributed by atoms with van der Waals surface area (Å²) in [7, 11) is 0. The second-order valence-electron chi connectivity index (χ2n) is 5.42. The molecule has 102 valence electrons. The summed E-state index contributed by atoms with van der Waals surface area (Å²) in [5, 5.41) is 3.33. The Morgan fingerprint density at radius 2 is 2.11 bits per heavy atom. The summed E-state index contributed by atoms with van der Waals surface area (Å²) in [5.41, 5.74) is 0.299. The number of hydrogen-bond donors (Lipinski definition) is 1. The first-order chi connectivity index (χ1) is 8.80. The fourth-order valence-electron chi connectivity index (χ4n) is 3.04. The van der Waals surface area contributed by atoms with Crippen molar-refractivity contribution in [1.82, 2.24) is 10.3 Å². The van der Waals surface area contributed by atoms with E-state index in [1.165, 1.54) is 32.1 Å². The van der Waals surface area contributed by atoms with Gasteiger partial charge < -0.3 is 9.73 Å². The molecule has 0 bridgehead atoms. The standard InChI is InChI=1S/C15H26N2O/c1-3-15(9-5-6-10-15)13-12-17-14(18-13)8-7-11-16-4-2/h12,16H,3-11H2,1-2H3. The number of hydrogen-bond acceptors (Lipinski definition) is 3. The van der Waals surface area contributed by atoms with Crippen LogP contribution in [0.15, 0.2) is 10.6 Å². The average Bonchev–Trinajstić information content (AvgIpc) is 3.04. The van der Waals surface area contributed by atoms with Crippen molar-refractivity contribution in [2.75, 3.05) is 13.1 Å². The molecule has 1 aromatic heterocycles. The Morgan fingerprint density at radius 1 is 1.33 bits per heavy atom. The Morgan fingerprint density at radius 3 is 2.78 bits per heavy atom. The molecule has 0 atom stereocenters. The zero-order chi connectivity index (χ0) is 12.8. The number of nitrogens with zero attached hydrogens (tertiary/aromatic N) is 1. The van der Waals surface area contributed by atoms with Crippen LogP contribution in [-0.4, -0.2) is 18.1 Å². The lowest BCUT2D eigenvalue weighted by molar-refractivity contribution is 0.315. The Labute approximate surface area is 110 Å². The van der Waals surface area contributed by atoms with E-state index in [2.05, 4.69) is 24.1 Å². The summed E-state index contributed by atoms with van der Waals surface area (Å²) in [6.45, 7) is 6.50. The third kappa shape index (κ3) is 2.94. The molecule has 2 rings (SSSR count). The van der Waals surface area contributed by atoms with E-state index in [1.807, 2.05) is 6.20 Å². The molecule has 0 spiro atoms. The maximum absolute atomic E-state index is 6.00. The highest BCUT2D eigenvalue weighted by Crippen LogP contribution is 2.43. The van der Waals surface area contributed by atoms with E-state index in [0.29, 0.717) is 5.41 Å². The van der Waals surface area contributed by atoms with E-state index >= 15 is 0 Å². The minimum Gasteiger partial charge on any atom is -0.445 e. The number of nitrogens with one attached hydrogen (secondary N) is 1. The summed E-state index contributed by atoms with van der Waals surface area (Å²) in [5.74, 6) is 2.06. The van der Waals surface area contributed by atoms with Crippen LogP contribution in [0.4, 0.5) is 0 Å². The molecule has 1 saturated carbocycles. The summed E-state index contributed by atoms with van der Waals surface area (Å²) >= 11 is 0. The van der Waals surface area contributed by atoms with Gasteiger partial charge in [0.15, 0.2) is 5.89 Å². The smallest absolute Gasteiger partial charge is 0.194 e. The van der Waals surface area contributed by atoms with Crippen molar-refractivity contribution in [3.05, 3.63) is 17.8 Å². The molecule has 0 amide bonds. The van der Waals surface area contributed by atoms with Crippen LogP contribution in [0.2, 0.25) is 0 Å². The van der Waals surface area contributed by atoms with E-state index < -0.39 is 0 Å². The molecule has 1 N–H and O–H groups in total. The Balaban J connectivity index is 1.92. The first kappa shape index (κ1) is 13.6. The topological polar surface area (TPSA) is 38.1 Å². The first-order valence-corrected chi connectivity index (χ1v) is 7.46. The van der Waals surface area contributed by atoms with Crippen LogP contribution < -0.4 is 5.32 Å². The van der Waals surface area contributed by atoms with E-state index in [-0.39, 0.29) is 0 Å². The normalized spacial score (nSPS) is 18.3. The zero-order valence-electron chi connectivity index (χ0n) is 11.8. The lowest BCUT2D eigenvalue weighted by atomic mass is 9.81. The molecule has 1 aliphatic rings. The summed E-state index contributed by atoms with van der Waals surface area (Å²) in [6.07, 6.45) is 10.4. The van der Waals surface area contributed by atoms with Gasteiger partial charge >= 0.3 is 0 Å². The second kappa shape index (κ2) is 6.37. The predicted octanol–water partition coefficient (Wildman–Crippen LogP) is 3.44. The monoisotopic (exact) mass is 250 g/mol. The maximum Gasteiger partial charge on any atom is 0.194 e. The second-order valence-corrected chi connectivity index (χ2v) is 5.42. The van der Waals surface area contributed by atoms with Crippen LogP contribution in [-0.2, 0) is 11.8 Å². The van der Waals surface area contributed by atoms with Gasteiger partial charge in [0.25, 0.3) is 0 Å². The summed E-state index contributed by atoms with van der Waals surface area (Å²) in [4.78, 5) is 4.46. The van der Waals surface area contributed by atoms with Gasteiger partial charge in [0.2, 0.25) is 0 Å². The van der Waals surface area contributed by atoms with Crippen molar-refractivity contribution in [2.24, 2.45) is 0 Å². The molecule has 0 aliphatic heterocycles. The van der Waals surface area contributed by atoms with Gasteiger partial charge in [-0.15, -0.1) is 0 Å². The number of aryl methyl sites for hydroxylation is 1. The van der Waals surface area contributed by atoms with Crippen LogP contribution in [0.1, 0.15) is 64.0 Å². The highest BCUT2D eigenvalue weighted by atomic mass is 16.4. The fourth-order valence-corrected chi connectivity index (χ4v) is 3.04. The number of oxazole rings is 1. The number of aromatic nitrogens is 1. The fraction of sp³-hybridized carbons (Fsp3) is 0.800. The molecule has 1 aliphatic carbocycles. The van der Waals surface area contributed by atoms with Crippen molar-refractivity contribution >= 4 is 0 Å². The molecule has 0 radical (unpaired) electrons. The molecule has 0 saturated heterocycles. The lowest BCUT2D eigenvalue weighted by Gasteiger charge is -2.23. The van der Waals surface area contributed by atoms with Gasteiger partial charge in [-0.2, -0.15) is 0 Å². The van der Waals surface area contributed by atoms with Crippen molar-refractivity contribution in [3.63, 3.8) is 0 Å². The van der Waals surface area contributed by atoms with Gasteiger partial charge in [-0.05, 0) is 38.8 Å². The SMILES string of the molecule is CCNCCCc1ncc(C2(CC)CCCC2)o1. The van der Waals surface area contributed by atoms with Crippen molar-refractivity contribution in [2.45, 2.75) is 64.2 Å². The largest absolute Gasteiger partial charge is 0.445 e. The maximum atomic E-state index is 6.00. The molecular formula is C15H26N2O. The Bertz CT molecular complexity index is 353. The van der Waals surface area contributed by atoms with Gasteiger partial charge in [-0.1, -0.05) is 26.7 Å². The van der Waals surface area contributed by atoms with Crippen LogP contribution in [0.25, 0.3) is 0 Å². The third-order valence-corrected chi connectivity index (χ3v) is 4.31. The minimum atomic E-state index is 0.299. The van der Waals surface area contributed by atoms with E-state index in [0.717, 1.165) is 37.6 Å². The molecule has 1 fully saturated rings. The van der Waals surface area contributed by atoms with Crippen molar-refractivity contribution < 1.29 is 4.42 Å².